The van der Waals surface area contributed by atoms with Gasteiger partial charge in [-0.1, -0.05) is 37.5 Å². The van der Waals surface area contributed by atoms with Gasteiger partial charge >= 0.3 is 0 Å². The van der Waals surface area contributed by atoms with E-state index in [-0.39, 0.29) is 0 Å². The SMILES string of the molecule is O=C(CC1CCNCC1)N(c1ccccc1)C1CCCCC1. The van der Waals surface area contributed by atoms with Crippen molar-refractivity contribution in [2.45, 2.75) is 57.4 Å². The Hall–Kier alpha value is -1.35. The van der Waals surface area contributed by atoms with E-state index in [4.69, 9.17) is 0 Å². The second kappa shape index (κ2) is 7.77. The molecule has 1 aromatic rings. The number of rotatable bonds is 4. The Kier molecular flexibility index (Phi) is 5.49. The zero-order chi connectivity index (χ0) is 15.2. The molecule has 1 aliphatic heterocycles. The highest BCUT2D eigenvalue weighted by atomic mass is 16.2. The van der Waals surface area contributed by atoms with Gasteiger partial charge in [-0.2, -0.15) is 0 Å². The number of amides is 1. The van der Waals surface area contributed by atoms with Crippen LogP contribution in [0.25, 0.3) is 0 Å². The second-order valence-electron chi connectivity index (χ2n) is 6.79. The maximum absolute atomic E-state index is 13.0. The van der Waals surface area contributed by atoms with E-state index < -0.39 is 0 Å². The quantitative estimate of drug-likeness (QED) is 0.918. The maximum atomic E-state index is 13.0. The Morgan fingerprint density at radius 1 is 1.00 bits per heavy atom. The molecule has 1 N–H and O–H groups in total. The van der Waals surface area contributed by atoms with Crippen molar-refractivity contribution in [2.75, 3.05) is 18.0 Å². The number of hydrogen-bond donors (Lipinski definition) is 1. The molecule has 0 spiro atoms. The Bertz CT molecular complexity index is 462. The van der Waals surface area contributed by atoms with E-state index in [0.717, 1.165) is 44.5 Å². The van der Waals surface area contributed by atoms with E-state index in [1.54, 1.807) is 0 Å². The van der Waals surface area contributed by atoms with Crippen molar-refractivity contribution >= 4 is 11.6 Å². The van der Waals surface area contributed by atoms with E-state index in [1.807, 2.05) is 18.2 Å². The summed E-state index contributed by atoms with van der Waals surface area (Å²) in [7, 11) is 0. The van der Waals surface area contributed by atoms with Gasteiger partial charge in [-0.25, -0.2) is 0 Å². The van der Waals surface area contributed by atoms with Gasteiger partial charge in [0.25, 0.3) is 0 Å². The molecule has 1 aromatic carbocycles. The number of anilines is 1. The minimum absolute atomic E-state index is 0.338. The Balaban J connectivity index is 1.73. The smallest absolute Gasteiger partial charge is 0.227 e. The Morgan fingerprint density at radius 2 is 1.68 bits per heavy atom. The van der Waals surface area contributed by atoms with Crippen LogP contribution in [0.2, 0.25) is 0 Å². The van der Waals surface area contributed by atoms with Crippen molar-refractivity contribution in [3.05, 3.63) is 30.3 Å². The molecule has 120 valence electrons. The van der Waals surface area contributed by atoms with Gasteiger partial charge in [-0.3, -0.25) is 4.79 Å². The van der Waals surface area contributed by atoms with Gasteiger partial charge in [0.05, 0.1) is 0 Å². The summed E-state index contributed by atoms with van der Waals surface area (Å²) in [4.78, 5) is 15.1. The zero-order valence-corrected chi connectivity index (χ0v) is 13.5. The number of carbonyl (C=O) groups is 1. The molecule has 1 aliphatic carbocycles. The van der Waals surface area contributed by atoms with Gasteiger partial charge in [0.15, 0.2) is 0 Å². The lowest BCUT2D eigenvalue weighted by atomic mass is 9.91. The summed E-state index contributed by atoms with van der Waals surface area (Å²) in [6, 6.07) is 10.7. The molecule has 2 fully saturated rings. The third-order valence-corrected chi connectivity index (χ3v) is 5.16. The predicted octanol–water partition coefficient (Wildman–Crippen LogP) is 3.74. The summed E-state index contributed by atoms with van der Waals surface area (Å²) in [6.45, 7) is 2.12. The van der Waals surface area contributed by atoms with Gasteiger partial charge in [0, 0.05) is 18.2 Å². The number of nitrogens with zero attached hydrogens (tertiary/aromatic N) is 1. The van der Waals surface area contributed by atoms with Crippen LogP contribution in [0.5, 0.6) is 0 Å². The van der Waals surface area contributed by atoms with Gasteiger partial charge in [-0.05, 0) is 56.8 Å². The molecule has 22 heavy (non-hydrogen) atoms. The summed E-state index contributed by atoms with van der Waals surface area (Å²) >= 11 is 0. The molecule has 3 heteroatoms. The van der Waals surface area contributed by atoms with E-state index >= 15 is 0 Å². The predicted molar refractivity (Wildman–Crippen MR) is 91.0 cm³/mol. The minimum atomic E-state index is 0.338. The third-order valence-electron chi connectivity index (χ3n) is 5.16. The molecule has 2 aliphatic rings. The number of para-hydroxylation sites is 1. The third kappa shape index (κ3) is 3.89. The van der Waals surface area contributed by atoms with Gasteiger partial charge in [-0.15, -0.1) is 0 Å². The molecule has 1 amide bonds. The van der Waals surface area contributed by atoms with Crippen LogP contribution in [-0.2, 0) is 4.79 Å². The fourth-order valence-corrected chi connectivity index (χ4v) is 3.92. The highest BCUT2D eigenvalue weighted by molar-refractivity contribution is 5.94. The summed E-state index contributed by atoms with van der Waals surface area (Å²) < 4.78 is 0. The molecule has 0 radical (unpaired) electrons. The molecule has 0 aromatic heterocycles. The maximum Gasteiger partial charge on any atom is 0.227 e. The average molecular weight is 300 g/mol. The molecule has 0 unspecified atom stereocenters. The molecule has 3 rings (SSSR count). The van der Waals surface area contributed by atoms with Crippen LogP contribution in [0.4, 0.5) is 5.69 Å². The van der Waals surface area contributed by atoms with Gasteiger partial charge < -0.3 is 10.2 Å². The molecule has 3 nitrogen and oxygen atoms in total. The van der Waals surface area contributed by atoms with Crippen LogP contribution in [0.3, 0.4) is 0 Å². The molecular weight excluding hydrogens is 272 g/mol. The summed E-state index contributed by atoms with van der Waals surface area (Å²) in [5, 5.41) is 3.39. The van der Waals surface area contributed by atoms with E-state index in [1.165, 1.54) is 19.3 Å². The average Bonchev–Trinajstić information content (AvgIpc) is 2.58. The van der Waals surface area contributed by atoms with Gasteiger partial charge in [0.1, 0.15) is 0 Å². The van der Waals surface area contributed by atoms with Crippen LogP contribution in [0.1, 0.15) is 51.4 Å². The second-order valence-corrected chi connectivity index (χ2v) is 6.79. The van der Waals surface area contributed by atoms with Crippen LogP contribution >= 0.6 is 0 Å². The van der Waals surface area contributed by atoms with Crippen LogP contribution in [0, 0.1) is 5.92 Å². The monoisotopic (exact) mass is 300 g/mol. The lowest BCUT2D eigenvalue weighted by molar-refractivity contribution is -0.120. The summed E-state index contributed by atoms with van der Waals surface area (Å²) in [6.07, 6.45) is 9.15. The van der Waals surface area contributed by atoms with Crippen molar-refractivity contribution in [1.29, 1.82) is 0 Å². The summed E-state index contributed by atoms with van der Waals surface area (Å²) in [5.41, 5.74) is 1.09. The van der Waals surface area contributed by atoms with Crippen molar-refractivity contribution in [2.24, 2.45) is 5.92 Å². The lowest BCUT2D eigenvalue weighted by Crippen LogP contribution is -2.43. The summed E-state index contributed by atoms with van der Waals surface area (Å²) in [5.74, 6) is 0.897. The first-order valence-corrected chi connectivity index (χ1v) is 8.92. The van der Waals surface area contributed by atoms with Crippen LogP contribution in [0.15, 0.2) is 30.3 Å². The van der Waals surface area contributed by atoms with Crippen molar-refractivity contribution < 1.29 is 4.79 Å². The van der Waals surface area contributed by atoms with E-state index in [2.05, 4.69) is 22.3 Å². The number of carbonyl (C=O) groups excluding carboxylic acids is 1. The standard InChI is InChI=1S/C19H28N2O/c22-19(15-16-11-13-20-14-12-16)21(17-7-3-1-4-8-17)18-9-5-2-6-10-18/h1,3-4,7-8,16,18,20H,2,5-6,9-15H2. The number of piperidine rings is 1. The molecule has 0 atom stereocenters. The Labute approximate surface area is 134 Å². The number of hydrogen-bond acceptors (Lipinski definition) is 2. The topological polar surface area (TPSA) is 32.3 Å². The van der Waals surface area contributed by atoms with Gasteiger partial charge in [0.2, 0.25) is 5.91 Å². The van der Waals surface area contributed by atoms with Crippen LogP contribution in [-0.4, -0.2) is 25.0 Å². The van der Waals surface area contributed by atoms with Crippen molar-refractivity contribution in [1.82, 2.24) is 5.32 Å². The highest BCUT2D eigenvalue weighted by Crippen LogP contribution is 2.29. The molecular formula is C19H28N2O. The zero-order valence-electron chi connectivity index (χ0n) is 13.5. The Morgan fingerprint density at radius 3 is 2.36 bits per heavy atom. The molecule has 1 saturated carbocycles. The number of nitrogens with one attached hydrogen (secondary N) is 1. The fraction of sp³-hybridized carbons (Fsp3) is 0.632. The van der Waals surface area contributed by atoms with E-state index in [9.17, 15) is 4.79 Å². The minimum Gasteiger partial charge on any atom is -0.317 e. The normalized spacial score (nSPS) is 20.7. The number of benzene rings is 1. The lowest BCUT2D eigenvalue weighted by Gasteiger charge is -2.36. The first kappa shape index (κ1) is 15.5. The van der Waals surface area contributed by atoms with Crippen LogP contribution < -0.4 is 10.2 Å². The van der Waals surface area contributed by atoms with Crippen molar-refractivity contribution in [3.63, 3.8) is 0 Å². The molecule has 1 saturated heterocycles. The fourth-order valence-electron chi connectivity index (χ4n) is 3.92. The molecule has 1 heterocycles. The first-order valence-electron chi connectivity index (χ1n) is 8.92. The van der Waals surface area contributed by atoms with Crippen molar-refractivity contribution in [3.8, 4) is 0 Å². The highest BCUT2D eigenvalue weighted by Gasteiger charge is 2.28. The molecule has 0 bridgehead atoms. The largest absolute Gasteiger partial charge is 0.317 e. The first-order chi connectivity index (χ1) is 10.8. The van der Waals surface area contributed by atoms with E-state index in [0.29, 0.717) is 24.3 Å².